The Morgan fingerprint density at radius 1 is 1.29 bits per heavy atom. The Morgan fingerprint density at radius 3 is 2.38 bits per heavy atom. The number of aryl methyl sites for hydroxylation is 1. The second-order valence-electron chi connectivity index (χ2n) is 7.96. The molecular weight excluding hydrogens is 320 g/mol. The number of amides is 1. The summed E-state index contributed by atoms with van der Waals surface area (Å²) in [4.78, 5) is 16.9. The largest absolute Gasteiger partial charge is 0.403 e. The molecule has 0 aliphatic heterocycles. The summed E-state index contributed by atoms with van der Waals surface area (Å²) in [5, 5.41) is 2.85. The highest BCUT2D eigenvalue weighted by Gasteiger charge is 2.41. The smallest absolute Gasteiger partial charge is 0.255 e. The molecule has 0 unspecified atom stereocenters. The molecule has 136 valence electrons. The summed E-state index contributed by atoms with van der Waals surface area (Å²) in [6.07, 6.45) is 1.13. The third-order valence-electron chi connectivity index (χ3n) is 4.28. The summed E-state index contributed by atoms with van der Waals surface area (Å²) < 4.78 is 11.9. The van der Waals surface area contributed by atoms with E-state index in [1.165, 1.54) is 0 Å². The lowest BCUT2D eigenvalue weighted by molar-refractivity contribution is -0.126. The Morgan fingerprint density at radius 2 is 1.92 bits per heavy atom. The third-order valence-corrected chi connectivity index (χ3v) is 8.77. The normalized spacial score (nSPS) is 13.9. The van der Waals surface area contributed by atoms with Crippen molar-refractivity contribution in [2.24, 2.45) is 0 Å². The SMILES string of the molecule is Cc1ccc(NC(=O)[C@H](COC(C)C)O[Si](C)(C)C(C)(C)C)nc1. The molecule has 0 bridgehead atoms. The number of hydrogen-bond acceptors (Lipinski definition) is 4. The van der Waals surface area contributed by atoms with E-state index in [1.807, 2.05) is 26.8 Å². The minimum absolute atomic E-state index is 0.0193. The first-order valence-electron chi connectivity index (χ1n) is 8.45. The predicted octanol–water partition coefficient (Wildman–Crippen LogP) is 4.14. The van der Waals surface area contributed by atoms with Crippen LogP contribution in [-0.4, -0.2) is 38.0 Å². The average molecular weight is 353 g/mol. The molecule has 0 aromatic carbocycles. The minimum Gasteiger partial charge on any atom is -0.403 e. The number of nitrogens with zero attached hydrogens (tertiary/aromatic N) is 1. The van der Waals surface area contributed by atoms with Crippen molar-refractivity contribution >= 4 is 20.0 Å². The van der Waals surface area contributed by atoms with Gasteiger partial charge in [-0.25, -0.2) is 4.98 Å². The van der Waals surface area contributed by atoms with E-state index in [1.54, 1.807) is 12.3 Å². The van der Waals surface area contributed by atoms with Crippen LogP contribution in [0.25, 0.3) is 0 Å². The molecule has 1 aromatic rings. The van der Waals surface area contributed by atoms with Gasteiger partial charge in [-0.2, -0.15) is 0 Å². The molecule has 0 radical (unpaired) electrons. The lowest BCUT2D eigenvalue weighted by Gasteiger charge is -2.38. The molecule has 1 amide bonds. The lowest BCUT2D eigenvalue weighted by atomic mass is 10.2. The zero-order valence-corrected chi connectivity index (χ0v) is 17.3. The Kier molecular flexibility index (Phi) is 7.13. The monoisotopic (exact) mass is 352 g/mol. The summed E-state index contributed by atoms with van der Waals surface area (Å²) in [5.41, 5.74) is 1.05. The van der Waals surface area contributed by atoms with Crippen molar-refractivity contribution in [3.8, 4) is 0 Å². The maximum Gasteiger partial charge on any atom is 0.255 e. The van der Waals surface area contributed by atoms with Gasteiger partial charge in [-0.3, -0.25) is 4.79 Å². The number of carbonyl (C=O) groups excluding carboxylic acids is 1. The van der Waals surface area contributed by atoms with Crippen molar-refractivity contribution in [3.05, 3.63) is 23.9 Å². The van der Waals surface area contributed by atoms with Gasteiger partial charge in [-0.1, -0.05) is 26.8 Å². The van der Waals surface area contributed by atoms with Gasteiger partial charge in [0.1, 0.15) is 11.9 Å². The van der Waals surface area contributed by atoms with E-state index in [9.17, 15) is 4.79 Å². The second kappa shape index (κ2) is 8.23. The van der Waals surface area contributed by atoms with Crippen molar-refractivity contribution in [1.82, 2.24) is 4.98 Å². The van der Waals surface area contributed by atoms with E-state index >= 15 is 0 Å². The van der Waals surface area contributed by atoms with E-state index in [0.717, 1.165) is 5.56 Å². The number of pyridine rings is 1. The Balaban J connectivity index is 2.87. The summed E-state index contributed by atoms with van der Waals surface area (Å²) >= 11 is 0. The molecule has 0 aliphatic carbocycles. The highest BCUT2D eigenvalue weighted by atomic mass is 28.4. The van der Waals surface area contributed by atoms with Crippen molar-refractivity contribution in [2.75, 3.05) is 11.9 Å². The number of ether oxygens (including phenoxy) is 1. The van der Waals surface area contributed by atoms with Crippen LogP contribution >= 0.6 is 0 Å². The first-order valence-corrected chi connectivity index (χ1v) is 11.4. The van der Waals surface area contributed by atoms with Crippen LogP contribution in [-0.2, 0) is 14.0 Å². The van der Waals surface area contributed by atoms with Gasteiger partial charge in [-0.05, 0) is 50.5 Å². The van der Waals surface area contributed by atoms with Gasteiger partial charge in [0, 0.05) is 6.20 Å². The van der Waals surface area contributed by atoms with Gasteiger partial charge in [0.2, 0.25) is 0 Å². The molecule has 0 saturated heterocycles. The highest BCUT2D eigenvalue weighted by molar-refractivity contribution is 6.74. The van der Waals surface area contributed by atoms with E-state index in [0.29, 0.717) is 5.82 Å². The molecule has 0 fully saturated rings. The zero-order valence-electron chi connectivity index (χ0n) is 16.3. The van der Waals surface area contributed by atoms with Crippen molar-refractivity contribution < 1.29 is 14.0 Å². The quantitative estimate of drug-likeness (QED) is 0.749. The molecule has 24 heavy (non-hydrogen) atoms. The molecule has 6 heteroatoms. The summed E-state index contributed by atoms with van der Waals surface area (Å²) in [6, 6.07) is 3.71. The fraction of sp³-hybridized carbons (Fsp3) is 0.667. The van der Waals surface area contributed by atoms with E-state index in [2.05, 4.69) is 44.2 Å². The molecule has 5 nitrogen and oxygen atoms in total. The van der Waals surface area contributed by atoms with E-state index in [-0.39, 0.29) is 23.7 Å². The molecule has 1 rings (SSSR count). The number of aromatic nitrogens is 1. The van der Waals surface area contributed by atoms with Crippen LogP contribution in [0, 0.1) is 6.92 Å². The third kappa shape index (κ3) is 6.34. The summed E-state index contributed by atoms with van der Waals surface area (Å²) in [5.74, 6) is 0.316. The molecule has 0 aliphatic rings. The Bertz CT molecular complexity index is 536. The van der Waals surface area contributed by atoms with Crippen LogP contribution in [0.4, 0.5) is 5.82 Å². The highest BCUT2D eigenvalue weighted by Crippen LogP contribution is 2.37. The zero-order chi connectivity index (χ0) is 18.5. The van der Waals surface area contributed by atoms with Crippen LogP contribution in [0.15, 0.2) is 18.3 Å². The second-order valence-corrected chi connectivity index (χ2v) is 12.7. The van der Waals surface area contributed by atoms with Crippen LogP contribution < -0.4 is 5.32 Å². The summed E-state index contributed by atoms with van der Waals surface area (Å²) in [6.45, 7) is 16.8. The van der Waals surface area contributed by atoms with E-state index < -0.39 is 14.4 Å². The fourth-order valence-electron chi connectivity index (χ4n) is 1.72. The van der Waals surface area contributed by atoms with Gasteiger partial charge < -0.3 is 14.5 Å². The Hall–Kier alpha value is -1.24. The van der Waals surface area contributed by atoms with Crippen molar-refractivity contribution in [3.63, 3.8) is 0 Å². The fourth-order valence-corrected chi connectivity index (χ4v) is 2.96. The molecule has 1 N–H and O–H groups in total. The van der Waals surface area contributed by atoms with Crippen LogP contribution in [0.5, 0.6) is 0 Å². The Labute approximate surface area is 147 Å². The van der Waals surface area contributed by atoms with E-state index in [4.69, 9.17) is 9.16 Å². The van der Waals surface area contributed by atoms with Gasteiger partial charge in [0.15, 0.2) is 8.32 Å². The molecule has 1 atom stereocenters. The predicted molar refractivity (Wildman–Crippen MR) is 101 cm³/mol. The molecule has 1 heterocycles. The number of rotatable bonds is 7. The maximum absolute atomic E-state index is 12.7. The number of hydrogen-bond donors (Lipinski definition) is 1. The molecular formula is C18H32N2O3Si. The minimum atomic E-state index is -2.09. The molecule has 1 aromatic heterocycles. The van der Waals surface area contributed by atoms with Crippen LogP contribution in [0.3, 0.4) is 0 Å². The molecule has 0 saturated carbocycles. The maximum atomic E-state index is 12.7. The first kappa shape index (κ1) is 20.8. The number of carbonyl (C=O) groups is 1. The van der Waals surface area contributed by atoms with Gasteiger partial charge in [0.05, 0.1) is 12.7 Å². The van der Waals surface area contributed by atoms with Crippen molar-refractivity contribution in [1.29, 1.82) is 0 Å². The van der Waals surface area contributed by atoms with Gasteiger partial charge >= 0.3 is 0 Å². The van der Waals surface area contributed by atoms with Crippen molar-refractivity contribution in [2.45, 2.75) is 71.9 Å². The summed E-state index contributed by atoms with van der Waals surface area (Å²) in [7, 11) is -2.09. The number of anilines is 1. The topological polar surface area (TPSA) is 60.5 Å². The first-order chi connectivity index (χ1) is 10.9. The van der Waals surface area contributed by atoms with Crippen LogP contribution in [0.1, 0.15) is 40.2 Å². The average Bonchev–Trinajstić information content (AvgIpc) is 2.44. The van der Waals surface area contributed by atoms with Crippen LogP contribution in [0.2, 0.25) is 18.1 Å². The standard InChI is InChI=1S/C18H32N2O3Si/c1-13(2)22-12-15(23-24(7,8)18(4,5)6)17(21)20-16-10-9-14(3)11-19-16/h9-11,13,15H,12H2,1-8H3,(H,19,20,21)/t15-/m0/s1. The number of nitrogens with one attached hydrogen (secondary N) is 1. The molecule has 0 spiro atoms. The van der Waals surface area contributed by atoms with Gasteiger partial charge in [0.25, 0.3) is 5.91 Å². The lowest BCUT2D eigenvalue weighted by Crippen LogP contribution is -2.49. The van der Waals surface area contributed by atoms with Gasteiger partial charge in [-0.15, -0.1) is 0 Å².